The summed E-state index contributed by atoms with van der Waals surface area (Å²) in [7, 11) is -3.77. The summed E-state index contributed by atoms with van der Waals surface area (Å²) in [5, 5.41) is 0. The molecule has 0 saturated heterocycles. The van der Waals surface area contributed by atoms with Gasteiger partial charge in [0, 0.05) is 11.0 Å². The molecule has 0 aliphatic heterocycles. The van der Waals surface area contributed by atoms with E-state index < -0.39 is 10.0 Å². The standard InChI is InChI=1S/C19H20N2O4S/c1-12(22)13-5-8-15(9-6-13)26(23,24)21-14-7-10-17-16(11-14)20-18(25-17)19(2,3)4/h5-11,21H,1-4H3. The molecule has 0 unspecified atom stereocenters. The smallest absolute Gasteiger partial charge is 0.261 e. The van der Waals surface area contributed by atoms with Gasteiger partial charge in [-0.05, 0) is 37.3 Å². The number of nitrogens with one attached hydrogen (secondary N) is 1. The van der Waals surface area contributed by atoms with Crippen LogP contribution in [0.3, 0.4) is 0 Å². The number of carbonyl (C=O) groups excluding carboxylic acids is 1. The Hall–Kier alpha value is -2.67. The van der Waals surface area contributed by atoms with Crippen LogP contribution in [0.5, 0.6) is 0 Å². The molecule has 136 valence electrons. The van der Waals surface area contributed by atoms with Gasteiger partial charge in [0.1, 0.15) is 5.52 Å². The molecular weight excluding hydrogens is 352 g/mol. The highest BCUT2D eigenvalue weighted by molar-refractivity contribution is 7.92. The summed E-state index contributed by atoms with van der Waals surface area (Å²) in [6.07, 6.45) is 0. The number of sulfonamides is 1. The lowest BCUT2D eigenvalue weighted by Crippen LogP contribution is -2.13. The minimum atomic E-state index is -3.77. The zero-order valence-corrected chi connectivity index (χ0v) is 15.8. The molecule has 7 heteroatoms. The van der Waals surface area contributed by atoms with Crippen LogP contribution < -0.4 is 4.72 Å². The van der Waals surface area contributed by atoms with E-state index in [-0.39, 0.29) is 16.1 Å². The van der Waals surface area contributed by atoms with E-state index in [0.717, 1.165) is 0 Å². The van der Waals surface area contributed by atoms with E-state index in [9.17, 15) is 13.2 Å². The third kappa shape index (κ3) is 3.62. The number of ketones is 1. The van der Waals surface area contributed by atoms with Crippen LogP contribution >= 0.6 is 0 Å². The number of benzene rings is 2. The average molecular weight is 372 g/mol. The van der Waals surface area contributed by atoms with E-state index in [2.05, 4.69) is 9.71 Å². The summed E-state index contributed by atoms with van der Waals surface area (Å²) < 4.78 is 33.3. The Labute approximate surface area is 152 Å². The van der Waals surface area contributed by atoms with E-state index in [0.29, 0.717) is 28.2 Å². The number of anilines is 1. The fourth-order valence-corrected chi connectivity index (χ4v) is 3.44. The monoisotopic (exact) mass is 372 g/mol. The molecule has 0 amide bonds. The lowest BCUT2D eigenvalue weighted by Gasteiger charge is -2.11. The van der Waals surface area contributed by atoms with Crippen molar-refractivity contribution in [3.63, 3.8) is 0 Å². The van der Waals surface area contributed by atoms with E-state index in [4.69, 9.17) is 4.42 Å². The van der Waals surface area contributed by atoms with Gasteiger partial charge in [0.25, 0.3) is 10.0 Å². The molecule has 1 aromatic heterocycles. The quantitative estimate of drug-likeness (QED) is 0.696. The highest BCUT2D eigenvalue weighted by atomic mass is 32.2. The second-order valence-corrected chi connectivity index (χ2v) is 8.82. The Morgan fingerprint density at radius 1 is 1.08 bits per heavy atom. The van der Waals surface area contributed by atoms with E-state index in [1.165, 1.54) is 31.2 Å². The van der Waals surface area contributed by atoms with Crippen LogP contribution in [-0.2, 0) is 15.4 Å². The first-order chi connectivity index (χ1) is 12.1. The zero-order valence-electron chi connectivity index (χ0n) is 15.0. The topological polar surface area (TPSA) is 89.3 Å². The van der Waals surface area contributed by atoms with Gasteiger partial charge in [-0.3, -0.25) is 9.52 Å². The number of rotatable bonds is 4. The highest BCUT2D eigenvalue weighted by Gasteiger charge is 2.21. The van der Waals surface area contributed by atoms with Crippen molar-refractivity contribution in [2.24, 2.45) is 0 Å². The summed E-state index contributed by atoms with van der Waals surface area (Å²) in [6, 6.07) is 10.8. The molecule has 0 aliphatic carbocycles. The largest absolute Gasteiger partial charge is 0.440 e. The van der Waals surface area contributed by atoms with Gasteiger partial charge in [0.05, 0.1) is 10.6 Å². The molecular formula is C19H20N2O4S. The van der Waals surface area contributed by atoms with Crippen molar-refractivity contribution in [3.8, 4) is 0 Å². The maximum Gasteiger partial charge on any atom is 0.261 e. The Balaban J connectivity index is 1.90. The average Bonchev–Trinajstić information content (AvgIpc) is 2.98. The number of Topliss-reactive ketones (excluding diaryl/α,β-unsaturated/α-hetero) is 1. The van der Waals surface area contributed by atoms with Crippen LogP contribution in [0, 0.1) is 0 Å². The van der Waals surface area contributed by atoms with Crippen molar-refractivity contribution in [2.75, 3.05) is 4.72 Å². The molecule has 26 heavy (non-hydrogen) atoms. The van der Waals surface area contributed by atoms with Gasteiger partial charge in [-0.15, -0.1) is 0 Å². The summed E-state index contributed by atoms with van der Waals surface area (Å²) in [5.74, 6) is 0.473. The van der Waals surface area contributed by atoms with Crippen molar-refractivity contribution in [3.05, 3.63) is 53.9 Å². The Bertz CT molecular complexity index is 1070. The van der Waals surface area contributed by atoms with Crippen molar-refractivity contribution < 1.29 is 17.6 Å². The third-order valence-corrected chi connectivity index (χ3v) is 5.25. The fourth-order valence-electron chi connectivity index (χ4n) is 2.39. The summed E-state index contributed by atoms with van der Waals surface area (Å²) in [4.78, 5) is 15.8. The zero-order chi connectivity index (χ0) is 19.1. The highest BCUT2D eigenvalue weighted by Crippen LogP contribution is 2.28. The number of fused-ring (bicyclic) bond motifs is 1. The van der Waals surface area contributed by atoms with E-state index in [1.807, 2.05) is 20.8 Å². The molecule has 2 aromatic carbocycles. The molecule has 0 fully saturated rings. The molecule has 3 aromatic rings. The predicted octanol–water partition coefficient (Wildman–Crippen LogP) is 4.13. The van der Waals surface area contributed by atoms with Crippen molar-refractivity contribution in [2.45, 2.75) is 38.0 Å². The second kappa shape index (κ2) is 6.25. The second-order valence-electron chi connectivity index (χ2n) is 7.14. The minimum absolute atomic E-state index is 0.0816. The SMILES string of the molecule is CC(=O)c1ccc(S(=O)(=O)Nc2ccc3oc(C(C)(C)C)nc3c2)cc1. The lowest BCUT2D eigenvalue weighted by molar-refractivity contribution is 0.101. The van der Waals surface area contributed by atoms with Crippen molar-refractivity contribution in [1.82, 2.24) is 4.98 Å². The van der Waals surface area contributed by atoms with Gasteiger partial charge < -0.3 is 4.42 Å². The summed E-state index contributed by atoms with van der Waals surface area (Å²) in [6.45, 7) is 7.41. The van der Waals surface area contributed by atoms with Crippen molar-refractivity contribution >= 4 is 32.6 Å². The predicted molar refractivity (Wildman–Crippen MR) is 100.0 cm³/mol. The third-order valence-electron chi connectivity index (χ3n) is 3.85. The first-order valence-corrected chi connectivity index (χ1v) is 9.59. The van der Waals surface area contributed by atoms with Crippen LogP contribution in [0.1, 0.15) is 43.9 Å². The summed E-state index contributed by atoms with van der Waals surface area (Å²) in [5.41, 5.74) is 1.80. The number of carbonyl (C=O) groups is 1. The van der Waals surface area contributed by atoms with Gasteiger partial charge in [0.15, 0.2) is 11.4 Å². The van der Waals surface area contributed by atoms with Crippen LogP contribution in [0.4, 0.5) is 5.69 Å². The maximum atomic E-state index is 12.5. The maximum absolute atomic E-state index is 12.5. The van der Waals surface area contributed by atoms with Crippen LogP contribution in [0.15, 0.2) is 51.8 Å². The van der Waals surface area contributed by atoms with Crippen molar-refractivity contribution in [1.29, 1.82) is 0 Å². The van der Waals surface area contributed by atoms with Crippen LogP contribution in [0.2, 0.25) is 0 Å². The number of nitrogens with zero attached hydrogens (tertiary/aromatic N) is 1. The molecule has 6 nitrogen and oxygen atoms in total. The molecule has 0 saturated carbocycles. The Kier molecular flexibility index (Phi) is 4.36. The van der Waals surface area contributed by atoms with Crippen LogP contribution in [-0.4, -0.2) is 19.2 Å². The number of hydrogen-bond donors (Lipinski definition) is 1. The number of oxazole rings is 1. The summed E-state index contributed by atoms with van der Waals surface area (Å²) >= 11 is 0. The van der Waals surface area contributed by atoms with Gasteiger partial charge in [-0.1, -0.05) is 32.9 Å². The molecule has 0 radical (unpaired) electrons. The Morgan fingerprint density at radius 3 is 2.31 bits per heavy atom. The minimum Gasteiger partial charge on any atom is -0.440 e. The normalized spacial score (nSPS) is 12.3. The van der Waals surface area contributed by atoms with Gasteiger partial charge in [-0.25, -0.2) is 13.4 Å². The van der Waals surface area contributed by atoms with Gasteiger partial charge >= 0.3 is 0 Å². The first kappa shape index (κ1) is 18.1. The molecule has 0 spiro atoms. The molecule has 0 aliphatic rings. The molecule has 0 bridgehead atoms. The lowest BCUT2D eigenvalue weighted by atomic mass is 9.97. The Morgan fingerprint density at radius 2 is 1.73 bits per heavy atom. The van der Waals surface area contributed by atoms with Crippen LogP contribution in [0.25, 0.3) is 11.1 Å². The molecule has 0 atom stereocenters. The number of hydrogen-bond acceptors (Lipinski definition) is 5. The van der Waals surface area contributed by atoms with Gasteiger partial charge in [0.2, 0.25) is 5.89 Å². The fraction of sp³-hybridized carbons (Fsp3) is 0.263. The molecule has 3 rings (SSSR count). The molecule has 1 heterocycles. The van der Waals surface area contributed by atoms with Gasteiger partial charge in [-0.2, -0.15) is 0 Å². The molecule has 1 N–H and O–H groups in total. The van der Waals surface area contributed by atoms with E-state index in [1.54, 1.807) is 18.2 Å². The first-order valence-electron chi connectivity index (χ1n) is 8.11. The van der Waals surface area contributed by atoms with E-state index >= 15 is 0 Å². The number of aromatic nitrogens is 1.